The van der Waals surface area contributed by atoms with Crippen LogP contribution in [0.15, 0.2) is 11.2 Å². The molecule has 8 nitrogen and oxygen atoms in total. The first-order chi connectivity index (χ1) is 12.2. The number of aryl methyl sites for hydroxylation is 2. The van der Waals surface area contributed by atoms with Crippen molar-refractivity contribution in [1.29, 1.82) is 0 Å². The Hall–Kier alpha value is -1.27. The summed E-state index contributed by atoms with van der Waals surface area (Å²) < 4.78 is 7.09. The molecule has 1 aliphatic rings. The predicted octanol–water partition coefficient (Wildman–Crippen LogP) is 1.88. The number of guanidine groups is 1. The van der Waals surface area contributed by atoms with Gasteiger partial charge < -0.3 is 15.4 Å². The van der Waals surface area contributed by atoms with E-state index >= 15 is 0 Å². The molecule has 0 fully saturated rings. The van der Waals surface area contributed by atoms with Crippen molar-refractivity contribution < 1.29 is 4.74 Å². The number of aliphatic imine (C=N–C) groups is 1. The van der Waals surface area contributed by atoms with Crippen molar-refractivity contribution in [2.75, 3.05) is 13.7 Å². The Balaban J connectivity index is 0.00000243. The number of hydrogen-bond donors (Lipinski definition) is 2. The van der Waals surface area contributed by atoms with Crippen LogP contribution in [0.1, 0.15) is 34.9 Å². The molecule has 2 aromatic rings. The van der Waals surface area contributed by atoms with Crippen molar-refractivity contribution in [3.05, 3.63) is 27.7 Å². The Morgan fingerprint density at radius 1 is 1.50 bits per heavy atom. The van der Waals surface area contributed by atoms with Crippen molar-refractivity contribution in [1.82, 2.24) is 30.4 Å². The number of rotatable bonds is 6. The highest BCUT2D eigenvalue weighted by Gasteiger charge is 2.22. The molecule has 3 rings (SSSR count). The van der Waals surface area contributed by atoms with Crippen LogP contribution in [0.5, 0.6) is 0 Å². The molecular weight excluding hydrogens is 465 g/mol. The first-order valence-corrected chi connectivity index (χ1v) is 9.37. The Morgan fingerprint density at radius 2 is 2.35 bits per heavy atom. The Bertz CT molecular complexity index is 730. The summed E-state index contributed by atoms with van der Waals surface area (Å²) in [7, 11) is 1.66. The number of nitrogens with one attached hydrogen (secondary N) is 2. The molecule has 0 aromatic carbocycles. The topological polar surface area (TPSA) is 89.2 Å². The summed E-state index contributed by atoms with van der Waals surface area (Å²) >= 11 is 1.68. The van der Waals surface area contributed by atoms with Gasteiger partial charge in [0, 0.05) is 37.2 Å². The highest BCUT2D eigenvalue weighted by atomic mass is 127. The average Bonchev–Trinajstić information content (AvgIpc) is 3.18. The third-order valence-electron chi connectivity index (χ3n) is 3.90. The number of fused-ring (bicyclic) bond motifs is 1. The van der Waals surface area contributed by atoms with Crippen molar-refractivity contribution in [3.8, 4) is 0 Å². The number of methoxy groups -OCH3 is 1. The van der Waals surface area contributed by atoms with Gasteiger partial charge in [0.25, 0.3) is 0 Å². The number of hydrogen-bond acceptors (Lipinski definition) is 6. The normalized spacial score (nSPS) is 16.7. The van der Waals surface area contributed by atoms with E-state index in [-0.39, 0.29) is 30.0 Å². The minimum absolute atomic E-state index is 0. The summed E-state index contributed by atoms with van der Waals surface area (Å²) in [5, 5.41) is 12.4. The molecule has 0 bridgehead atoms. The molecule has 0 saturated heterocycles. The van der Waals surface area contributed by atoms with Crippen LogP contribution >= 0.6 is 35.3 Å². The molecule has 2 N–H and O–H groups in total. The zero-order valence-electron chi connectivity index (χ0n) is 15.4. The molecule has 0 aliphatic carbocycles. The number of aromatic nitrogens is 4. The van der Waals surface area contributed by atoms with E-state index in [1.165, 1.54) is 4.88 Å². The van der Waals surface area contributed by atoms with Crippen molar-refractivity contribution >= 4 is 41.3 Å². The van der Waals surface area contributed by atoms with Crippen LogP contribution in [0.2, 0.25) is 0 Å². The lowest BCUT2D eigenvalue weighted by Gasteiger charge is -2.25. The maximum atomic E-state index is 5.12. The molecule has 2 aromatic heterocycles. The molecule has 0 spiro atoms. The molecule has 0 saturated carbocycles. The minimum atomic E-state index is 0. The lowest BCUT2D eigenvalue weighted by atomic mass is 10.1. The van der Waals surface area contributed by atoms with E-state index in [2.05, 4.69) is 44.5 Å². The average molecular weight is 491 g/mol. The zero-order chi connectivity index (χ0) is 17.6. The van der Waals surface area contributed by atoms with E-state index in [0.717, 1.165) is 48.5 Å². The van der Waals surface area contributed by atoms with Gasteiger partial charge in [-0.05, 0) is 20.3 Å². The van der Waals surface area contributed by atoms with Crippen LogP contribution < -0.4 is 10.6 Å². The van der Waals surface area contributed by atoms with Crippen LogP contribution in [0.25, 0.3) is 0 Å². The zero-order valence-corrected chi connectivity index (χ0v) is 18.5. The fourth-order valence-electron chi connectivity index (χ4n) is 2.80. The van der Waals surface area contributed by atoms with E-state index < -0.39 is 0 Å². The third-order valence-corrected chi connectivity index (χ3v) is 4.80. The van der Waals surface area contributed by atoms with Gasteiger partial charge in [0.05, 0.1) is 13.1 Å². The second-order valence-electron chi connectivity index (χ2n) is 6.00. The number of ether oxygens (including phenoxy) is 1. The van der Waals surface area contributed by atoms with E-state index in [4.69, 9.17) is 4.74 Å². The van der Waals surface area contributed by atoms with E-state index in [0.29, 0.717) is 13.2 Å². The highest BCUT2D eigenvalue weighted by molar-refractivity contribution is 14.0. The van der Waals surface area contributed by atoms with Gasteiger partial charge in [0.15, 0.2) is 11.8 Å². The van der Waals surface area contributed by atoms with Gasteiger partial charge >= 0.3 is 0 Å². The van der Waals surface area contributed by atoms with Crippen LogP contribution in [-0.4, -0.2) is 45.4 Å². The first kappa shape index (κ1) is 21.0. The smallest absolute Gasteiger partial charge is 0.191 e. The molecule has 0 amide bonds. The van der Waals surface area contributed by atoms with Crippen LogP contribution in [0.4, 0.5) is 0 Å². The fourth-order valence-corrected chi connectivity index (χ4v) is 3.51. The molecule has 1 atom stereocenters. The largest absolute Gasteiger partial charge is 0.377 e. The van der Waals surface area contributed by atoms with E-state index in [9.17, 15) is 0 Å². The molecule has 144 valence electrons. The van der Waals surface area contributed by atoms with Crippen molar-refractivity contribution in [2.24, 2.45) is 4.99 Å². The van der Waals surface area contributed by atoms with Gasteiger partial charge in [-0.25, -0.2) is 19.6 Å². The number of nitrogens with zero attached hydrogens (tertiary/aromatic N) is 5. The standard InChI is InChI=1S/C16H25N7OS.HI/c1-4-17-16(19-8-15-18-7-11(2)25-15)20-12-5-6-14-21-13(10-24-3)22-23(14)9-12;/h7,12H,4-6,8-10H2,1-3H3,(H2,17,19,20);1H. The van der Waals surface area contributed by atoms with Gasteiger partial charge in [-0.2, -0.15) is 5.10 Å². The second-order valence-corrected chi connectivity index (χ2v) is 7.32. The first-order valence-electron chi connectivity index (χ1n) is 8.55. The number of thiazole rings is 1. The lowest BCUT2D eigenvalue weighted by molar-refractivity contribution is 0.177. The van der Waals surface area contributed by atoms with Crippen molar-refractivity contribution in [2.45, 2.75) is 52.4 Å². The summed E-state index contributed by atoms with van der Waals surface area (Å²) in [6.45, 7) is 6.78. The van der Waals surface area contributed by atoms with E-state index in [1.807, 2.05) is 10.9 Å². The second kappa shape index (κ2) is 10.2. The van der Waals surface area contributed by atoms with E-state index in [1.54, 1.807) is 18.4 Å². The molecular formula is C16H26IN7OS. The molecule has 1 unspecified atom stereocenters. The molecule has 1 aliphatic heterocycles. The molecule has 3 heterocycles. The van der Waals surface area contributed by atoms with Gasteiger partial charge in [-0.1, -0.05) is 0 Å². The maximum Gasteiger partial charge on any atom is 0.191 e. The summed E-state index contributed by atoms with van der Waals surface area (Å²) in [4.78, 5) is 14.7. The summed E-state index contributed by atoms with van der Waals surface area (Å²) in [5.74, 6) is 2.60. The van der Waals surface area contributed by atoms with Crippen LogP contribution in [0.3, 0.4) is 0 Å². The van der Waals surface area contributed by atoms with Crippen LogP contribution in [0, 0.1) is 6.92 Å². The Labute approximate surface area is 174 Å². The number of halogens is 1. The van der Waals surface area contributed by atoms with Crippen LogP contribution in [-0.2, 0) is 30.9 Å². The lowest BCUT2D eigenvalue weighted by Crippen LogP contribution is -2.47. The molecule has 10 heteroatoms. The van der Waals surface area contributed by atoms with Gasteiger partial charge in [0.1, 0.15) is 17.4 Å². The quantitative estimate of drug-likeness (QED) is 0.365. The maximum absolute atomic E-state index is 5.12. The summed E-state index contributed by atoms with van der Waals surface area (Å²) in [5.41, 5.74) is 0. The van der Waals surface area contributed by atoms with Gasteiger partial charge in [0.2, 0.25) is 0 Å². The van der Waals surface area contributed by atoms with Gasteiger partial charge in [-0.3, -0.25) is 0 Å². The minimum Gasteiger partial charge on any atom is -0.377 e. The SMILES string of the molecule is CCNC(=NCc1ncc(C)s1)NC1CCc2nc(COC)nn2C1.I. The monoisotopic (exact) mass is 491 g/mol. The molecule has 26 heavy (non-hydrogen) atoms. The Kier molecular flexibility index (Phi) is 8.22. The summed E-state index contributed by atoms with van der Waals surface area (Å²) in [6.07, 6.45) is 3.80. The van der Waals surface area contributed by atoms with Crippen molar-refractivity contribution in [3.63, 3.8) is 0 Å². The predicted molar refractivity (Wildman–Crippen MR) is 113 cm³/mol. The fraction of sp³-hybridized carbons (Fsp3) is 0.625. The third kappa shape index (κ3) is 5.61. The molecule has 0 radical (unpaired) electrons. The van der Waals surface area contributed by atoms with Gasteiger partial charge in [-0.15, -0.1) is 35.3 Å². The summed E-state index contributed by atoms with van der Waals surface area (Å²) in [6, 6.07) is 0.278. The highest BCUT2D eigenvalue weighted by Crippen LogP contribution is 2.14. The Morgan fingerprint density at radius 3 is 3.04 bits per heavy atom.